The Hall–Kier alpha value is -2.04. The Balaban J connectivity index is 1.86. The van der Waals surface area contributed by atoms with Gasteiger partial charge < -0.3 is 10.1 Å². The normalized spacial score (nSPS) is 15.4. The van der Waals surface area contributed by atoms with Gasteiger partial charge in [-0.1, -0.05) is 30.3 Å². The lowest BCUT2D eigenvalue weighted by molar-refractivity contribution is 0.0276. The van der Waals surface area contributed by atoms with Crippen LogP contribution in [0.3, 0.4) is 0 Å². The number of rotatable bonds is 2. The Morgan fingerprint density at radius 2 is 2.05 bits per heavy atom. The summed E-state index contributed by atoms with van der Waals surface area (Å²) in [5.74, 6) is 0.830. The van der Waals surface area contributed by atoms with Crippen LogP contribution in [0.15, 0.2) is 35.3 Å². The third kappa shape index (κ3) is 5.10. The van der Waals surface area contributed by atoms with Crippen LogP contribution in [0.25, 0.3) is 0 Å². The molecule has 0 fully saturated rings. The largest absolute Gasteiger partial charge is 0.444 e. The SMILES string of the molecule is CC(C)(C)OC(=O)N1CCN=C(NCc2ccccc2)C1. The fraction of sp³-hybridized carbons (Fsp3) is 0.500. The minimum atomic E-state index is -0.469. The third-order valence-corrected chi connectivity index (χ3v) is 3.00. The van der Waals surface area contributed by atoms with Gasteiger partial charge in [-0.05, 0) is 26.3 Å². The van der Waals surface area contributed by atoms with Crippen LogP contribution in [-0.2, 0) is 11.3 Å². The Bertz CT molecular complexity index is 506. The number of benzene rings is 1. The van der Waals surface area contributed by atoms with Crippen LogP contribution >= 0.6 is 0 Å². The molecule has 1 aliphatic heterocycles. The lowest BCUT2D eigenvalue weighted by Crippen LogP contribution is -2.47. The Labute approximate surface area is 126 Å². The highest BCUT2D eigenvalue weighted by Crippen LogP contribution is 2.11. The van der Waals surface area contributed by atoms with Crippen molar-refractivity contribution in [1.82, 2.24) is 10.2 Å². The van der Waals surface area contributed by atoms with E-state index < -0.39 is 5.60 Å². The van der Waals surface area contributed by atoms with E-state index in [0.717, 1.165) is 5.84 Å². The number of nitrogens with zero attached hydrogens (tertiary/aromatic N) is 2. The quantitative estimate of drug-likeness (QED) is 0.909. The third-order valence-electron chi connectivity index (χ3n) is 3.00. The van der Waals surface area contributed by atoms with Crippen molar-refractivity contribution in [3.8, 4) is 0 Å². The van der Waals surface area contributed by atoms with E-state index in [0.29, 0.717) is 26.2 Å². The molecule has 1 heterocycles. The molecule has 1 N–H and O–H groups in total. The Kier molecular flexibility index (Phi) is 4.83. The summed E-state index contributed by atoms with van der Waals surface area (Å²) >= 11 is 0. The van der Waals surface area contributed by atoms with E-state index in [2.05, 4.69) is 22.4 Å². The van der Waals surface area contributed by atoms with Gasteiger partial charge in [-0.2, -0.15) is 0 Å². The van der Waals surface area contributed by atoms with Crippen LogP contribution in [0.1, 0.15) is 26.3 Å². The summed E-state index contributed by atoms with van der Waals surface area (Å²) in [6.07, 6.45) is -0.281. The zero-order valence-electron chi connectivity index (χ0n) is 12.9. The van der Waals surface area contributed by atoms with Gasteiger partial charge in [0, 0.05) is 13.1 Å². The summed E-state index contributed by atoms with van der Waals surface area (Å²) in [6.45, 7) is 8.01. The van der Waals surface area contributed by atoms with Crippen molar-refractivity contribution in [1.29, 1.82) is 0 Å². The summed E-state index contributed by atoms with van der Waals surface area (Å²) in [4.78, 5) is 18.2. The molecule has 114 valence electrons. The number of ether oxygens (including phenoxy) is 1. The average Bonchev–Trinajstić information content (AvgIpc) is 2.45. The molecule has 1 aliphatic rings. The molecule has 0 aliphatic carbocycles. The molecular formula is C16H23N3O2. The van der Waals surface area contributed by atoms with Crippen molar-refractivity contribution in [3.63, 3.8) is 0 Å². The molecule has 2 rings (SSSR count). The summed E-state index contributed by atoms with van der Waals surface area (Å²) in [7, 11) is 0. The van der Waals surface area contributed by atoms with Crippen molar-refractivity contribution in [2.24, 2.45) is 4.99 Å². The van der Waals surface area contributed by atoms with E-state index >= 15 is 0 Å². The molecular weight excluding hydrogens is 266 g/mol. The first kappa shape index (κ1) is 15.4. The van der Waals surface area contributed by atoms with Crippen molar-refractivity contribution in [2.75, 3.05) is 19.6 Å². The van der Waals surface area contributed by atoms with Crippen LogP contribution in [0, 0.1) is 0 Å². The monoisotopic (exact) mass is 289 g/mol. The van der Waals surface area contributed by atoms with Gasteiger partial charge >= 0.3 is 6.09 Å². The predicted molar refractivity (Wildman–Crippen MR) is 83.4 cm³/mol. The zero-order valence-corrected chi connectivity index (χ0v) is 12.9. The van der Waals surface area contributed by atoms with Gasteiger partial charge in [0.2, 0.25) is 0 Å². The lowest BCUT2D eigenvalue weighted by Gasteiger charge is -2.29. The zero-order chi connectivity index (χ0) is 15.3. The van der Waals surface area contributed by atoms with E-state index in [-0.39, 0.29) is 6.09 Å². The maximum absolute atomic E-state index is 12.1. The highest BCUT2D eigenvalue weighted by Gasteiger charge is 2.24. The molecule has 0 unspecified atom stereocenters. The van der Waals surface area contributed by atoms with Gasteiger partial charge in [0.15, 0.2) is 0 Å². The number of hydrogen-bond acceptors (Lipinski definition) is 4. The van der Waals surface area contributed by atoms with Crippen molar-refractivity contribution >= 4 is 11.9 Å². The maximum atomic E-state index is 12.1. The molecule has 0 spiro atoms. The van der Waals surface area contributed by atoms with Crippen LogP contribution < -0.4 is 5.32 Å². The second kappa shape index (κ2) is 6.61. The van der Waals surface area contributed by atoms with E-state index in [4.69, 9.17) is 4.74 Å². The fourth-order valence-corrected chi connectivity index (χ4v) is 2.01. The summed E-state index contributed by atoms with van der Waals surface area (Å²) in [6, 6.07) is 10.1. The number of aliphatic imine (C=N–C) groups is 1. The number of amidine groups is 1. The first-order valence-electron chi connectivity index (χ1n) is 7.23. The summed E-state index contributed by atoms with van der Waals surface area (Å²) < 4.78 is 5.39. The van der Waals surface area contributed by atoms with Gasteiger partial charge in [-0.15, -0.1) is 0 Å². The number of carbonyl (C=O) groups excluding carboxylic acids is 1. The van der Waals surface area contributed by atoms with Gasteiger partial charge in [-0.3, -0.25) is 9.89 Å². The van der Waals surface area contributed by atoms with Gasteiger partial charge in [0.25, 0.3) is 0 Å². The summed E-state index contributed by atoms with van der Waals surface area (Å²) in [5, 5.41) is 3.29. The highest BCUT2D eigenvalue weighted by atomic mass is 16.6. The van der Waals surface area contributed by atoms with Crippen LogP contribution in [0.2, 0.25) is 0 Å². The molecule has 1 aromatic carbocycles. The number of nitrogens with one attached hydrogen (secondary N) is 1. The van der Waals surface area contributed by atoms with Crippen molar-refractivity contribution in [2.45, 2.75) is 32.9 Å². The van der Waals surface area contributed by atoms with E-state index in [1.54, 1.807) is 4.90 Å². The number of hydrogen-bond donors (Lipinski definition) is 1. The topological polar surface area (TPSA) is 53.9 Å². The Morgan fingerprint density at radius 1 is 1.33 bits per heavy atom. The highest BCUT2D eigenvalue weighted by molar-refractivity contribution is 5.87. The smallest absolute Gasteiger partial charge is 0.410 e. The van der Waals surface area contributed by atoms with Crippen LogP contribution in [-0.4, -0.2) is 42.1 Å². The van der Waals surface area contributed by atoms with Gasteiger partial charge in [0.1, 0.15) is 11.4 Å². The minimum absolute atomic E-state index is 0.281. The van der Waals surface area contributed by atoms with Gasteiger partial charge in [0.05, 0.1) is 13.1 Å². The number of amides is 1. The molecule has 0 saturated heterocycles. The van der Waals surface area contributed by atoms with Crippen LogP contribution in [0.5, 0.6) is 0 Å². The molecule has 0 atom stereocenters. The molecule has 0 bridgehead atoms. The Morgan fingerprint density at radius 3 is 2.71 bits per heavy atom. The molecule has 0 aromatic heterocycles. The average molecular weight is 289 g/mol. The number of carbonyl (C=O) groups is 1. The molecule has 5 nitrogen and oxygen atoms in total. The predicted octanol–water partition coefficient (Wildman–Crippen LogP) is 2.43. The molecule has 0 saturated carbocycles. The van der Waals surface area contributed by atoms with E-state index in [9.17, 15) is 4.79 Å². The first-order chi connectivity index (χ1) is 9.94. The maximum Gasteiger partial charge on any atom is 0.410 e. The molecule has 5 heteroatoms. The van der Waals surface area contributed by atoms with E-state index in [1.807, 2.05) is 39.0 Å². The second-order valence-corrected chi connectivity index (χ2v) is 6.07. The summed E-state index contributed by atoms with van der Waals surface area (Å²) in [5.41, 5.74) is 0.720. The van der Waals surface area contributed by atoms with Crippen molar-refractivity contribution in [3.05, 3.63) is 35.9 Å². The minimum Gasteiger partial charge on any atom is -0.444 e. The van der Waals surface area contributed by atoms with Gasteiger partial charge in [-0.25, -0.2) is 4.79 Å². The van der Waals surface area contributed by atoms with Crippen LogP contribution in [0.4, 0.5) is 4.79 Å². The standard InChI is InChI=1S/C16H23N3O2/c1-16(2,3)21-15(20)19-10-9-17-14(12-19)18-11-13-7-5-4-6-8-13/h4-8H,9-12H2,1-3H3,(H,17,18). The molecule has 1 amide bonds. The molecule has 21 heavy (non-hydrogen) atoms. The second-order valence-electron chi connectivity index (χ2n) is 6.07. The lowest BCUT2D eigenvalue weighted by atomic mass is 10.2. The first-order valence-corrected chi connectivity index (χ1v) is 7.23. The fourth-order valence-electron chi connectivity index (χ4n) is 2.01. The van der Waals surface area contributed by atoms with Crippen molar-refractivity contribution < 1.29 is 9.53 Å². The van der Waals surface area contributed by atoms with E-state index in [1.165, 1.54) is 5.56 Å². The molecule has 0 radical (unpaired) electrons. The molecule has 1 aromatic rings.